The van der Waals surface area contributed by atoms with E-state index in [0.29, 0.717) is 19.3 Å². The third kappa shape index (κ3) is 52.9. The van der Waals surface area contributed by atoms with Crippen LogP contribution in [0.5, 0.6) is 0 Å². The fraction of sp³-hybridized carbons (Fsp3) is 0.883. The molecule has 0 aliphatic rings. The lowest BCUT2D eigenvalue weighted by atomic mass is 10.0. The van der Waals surface area contributed by atoms with E-state index in [1.807, 2.05) is 0 Å². The van der Waals surface area contributed by atoms with Crippen LogP contribution >= 0.6 is 0 Å². The summed E-state index contributed by atoms with van der Waals surface area (Å²) < 4.78 is 16.9. The quantitative estimate of drug-likeness (QED) is 0.0262. The van der Waals surface area contributed by atoms with Crippen LogP contribution in [0, 0.1) is 0 Å². The van der Waals surface area contributed by atoms with Gasteiger partial charge in [-0.15, -0.1) is 0 Å². The maximum atomic E-state index is 12.8. The lowest BCUT2D eigenvalue weighted by Gasteiger charge is -2.18. The second-order valence-corrected chi connectivity index (χ2v) is 19.9. The summed E-state index contributed by atoms with van der Waals surface area (Å²) in [6.45, 7) is 6.64. The highest BCUT2D eigenvalue weighted by Gasteiger charge is 2.19. The number of unbranched alkanes of at least 4 members (excludes halogenated alkanes) is 39. The summed E-state index contributed by atoms with van der Waals surface area (Å²) in [5.41, 5.74) is 0. The van der Waals surface area contributed by atoms with Crippen molar-refractivity contribution in [3.63, 3.8) is 0 Å². The first-order valence-corrected chi connectivity index (χ1v) is 29.3. The van der Waals surface area contributed by atoms with E-state index in [-0.39, 0.29) is 31.1 Å². The highest BCUT2D eigenvalue weighted by Crippen LogP contribution is 2.17. The maximum Gasteiger partial charge on any atom is 0.306 e. The Morgan fingerprint density at radius 1 is 0.288 bits per heavy atom. The molecule has 0 saturated carbocycles. The topological polar surface area (TPSA) is 78.9 Å². The average molecular weight is 930 g/mol. The number of carbonyl (C=O) groups is 3. The molecule has 6 nitrogen and oxygen atoms in total. The lowest BCUT2D eigenvalue weighted by Crippen LogP contribution is -2.30. The Morgan fingerprint density at radius 2 is 0.500 bits per heavy atom. The highest BCUT2D eigenvalue weighted by atomic mass is 16.6. The van der Waals surface area contributed by atoms with Gasteiger partial charge in [0.25, 0.3) is 0 Å². The summed E-state index contributed by atoms with van der Waals surface area (Å²) in [6, 6.07) is 0. The summed E-state index contributed by atoms with van der Waals surface area (Å²) in [5.74, 6) is -0.872. The third-order valence-electron chi connectivity index (χ3n) is 13.2. The van der Waals surface area contributed by atoms with Gasteiger partial charge in [-0.2, -0.15) is 0 Å². The molecule has 0 radical (unpaired) electrons. The monoisotopic (exact) mass is 929 g/mol. The molecule has 0 aromatic heterocycles. The van der Waals surface area contributed by atoms with Gasteiger partial charge in [0.2, 0.25) is 0 Å². The van der Waals surface area contributed by atoms with E-state index in [0.717, 1.165) is 70.6 Å². The highest BCUT2D eigenvalue weighted by molar-refractivity contribution is 5.71. The number of carbonyl (C=O) groups excluding carboxylic acids is 3. The normalized spacial score (nSPS) is 12.1. The number of rotatable bonds is 54. The zero-order valence-corrected chi connectivity index (χ0v) is 44.5. The Balaban J connectivity index is 4.24. The Morgan fingerprint density at radius 3 is 0.773 bits per heavy atom. The van der Waals surface area contributed by atoms with Crippen molar-refractivity contribution < 1.29 is 28.6 Å². The van der Waals surface area contributed by atoms with Gasteiger partial charge in [0.05, 0.1) is 0 Å². The zero-order valence-electron chi connectivity index (χ0n) is 44.5. The van der Waals surface area contributed by atoms with E-state index in [1.54, 1.807) is 0 Å². The number of hydrogen-bond acceptors (Lipinski definition) is 6. The number of esters is 3. The van der Waals surface area contributed by atoms with Crippen LogP contribution < -0.4 is 0 Å². The molecule has 0 aliphatic heterocycles. The van der Waals surface area contributed by atoms with Crippen LogP contribution in [0.1, 0.15) is 323 Å². The molecular formula is C60H112O6. The van der Waals surface area contributed by atoms with E-state index in [4.69, 9.17) is 14.2 Å². The van der Waals surface area contributed by atoms with E-state index >= 15 is 0 Å². The molecule has 1 unspecified atom stereocenters. The van der Waals surface area contributed by atoms with Gasteiger partial charge in [0.15, 0.2) is 6.10 Å². The van der Waals surface area contributed by atoms with Crippen molar-refractivity contribution in [3.05, 3.63) is 24.3 Å². The molecule has 0 saturated heterocycles. The molecule has 66 heavy (non-hydrogen) atoms. The zero-order chi connectivity index (χ0) is 47.9. The van der Waals surface area contributed by atoms with Crippen molar-refractivity contribution in [1.29, 1.82) is 0 Å². The molecule has 0 rings (SSSR count). The fourth-order valence-electron chi connectivity index (χ4n) is 8.73. The third-order valence-corrected chi connectivity index (χ3v) is 13.2. The Kier molecular flexibility index (Phi) is 53.7. The molecule has 0 bridgehead atoms. The van der Waals surface area contributed by atoms with Crippen molar-refractivity contribution >= 4 is 17.9 Å². The van der Waals surface area contributed by atoms with Crippen LogP contribution in [-0.2, 0) is 28.6 Å². The molecule has 0 heterocycles. The van der Waals surface area contributed by atoms with Crippen LogP contribution in [0.2, 0.25) is 0 Å². The summed E-state index contributed by atoms with van der Waals surface area (Å²) >= 11 is 0. The number of hydrogen-bond donors (Lipinski definition) is 0. The fourth-order valence-corrected chi connectivity index (χ4v) is 8.73. The van der Waals surface area contributed by atoms with Crippen LogP contribution in [0.4, 0.5) is 0 Å². The molecule has 0 N–H and O–H groups in total. The minimum atomic E-state index is -0.775. The molecule has 388 valence electrons. The van der Waals surface area contributed by atoms with Gasteiger partial charge in [0.1, 0.15) is 13.2 Å². The van der Waals surface area contributed by atoms with E-state index < -0.39 is 6.10 Å². The van der Waals surface area contributed by atoms with Crippen molar-refractivity contribution in [2.24, 2.45) is 0 Å². The summed E-state index contributed by atoms with van der Waals surface area (Å²) in [6.07, 6.45) is 64.6. The van der Waals surface area contributed by atoms with E-state index in [1.165, 1.54) is 212 Å². The average Bonchev–Trinajstić information content (AvgIpc) is 3.31. The van der Waals surface area contributed by atoms with Crippen LogP contribution in [0.15, 0.2) is 24.3 Å². The standard InChI is InChI=1S/C60H112O6/c1-4-7-10-13-16-19-22-25-26-27-28-29-30-31-32-33-36-38-41-44-47-50-53-59(62)65-56-57(66-60(63)54-51-48-45-42-39-35-24-21-18-15-12-9-6-3)55-64-58(61)52-49-46-43-40-37-34-23-20-17-14-11-8-5-2/h20-21,23-24,57H,4-19,22,25-56H2,1-3H3/b23-20-,24-21-. The predicted octanol–water partition coefficient (Wildman–Crippen LogP) is 19.5. The molecular weight excluding hydrogens is 817 g/mol. The van der Waals surface area contributed by atoms with Crippen molar-refractivity contribution in [3.8, 4) is 0 Å². The second-order valence-electron chi connectivity index (χ2n) is 19.9. The first-order valence-electron chi connectivity index (χ1n) is 29.3. The number of allylic oxidation sites excluding steroid dienone is 4. The second kappa shape index (κ2) is 55.5. The molecule has 0 amide bonds. The minimum absolute atomic E-state index is 0.0729. The molecule has 6 heteroatoms. The summed E-state index contributed by atoms with van der Waals surface area (Å²) in [4.78, 5) is 38.1. The first kappa shape index (κ1) is 63.9. The van der Waals surface area contributed by atoms with Crippen LogP contribution in [-0.4, -0.2) is 37.2 Å². The van der Waals surface area contributed by atoms with Crippen LogP contribution in [0.25, 0.3) is 0 Å². The van der Waals surface area contributed by atoms with Crippen molar-refractivity contribution in [1.82, 2.24) is 0 Å². The Hall–Kier alpha value is -2.11. The smallest absolute Gasteiger partial charge is 0.306 e. The predicted molar refractivity (Wildman–Crippen MR) is 284 cm³/mol. The van der Waals surface area contributed by atoms with Gasteiger partial charge >= 0.3 is 17.9 Å². The van der Waals surface area contributed by atoms with Gasteiger partial charge < -0.3 is 14.2 Å². The Bertz CT molecular complexity index is 1070. The summed E-state index contributed by atoms with van der Waals surface area (Å²) in [7, 11) is 0. The van der Waals surface area contributed by atoms with Crippen molar-refractivity contribution in [2.75, 3.05) is 13.2 Å². The molecule has 0 aliphatic carbocycles. The van der Waals surface area contributed by atoms with Gasteiger partial charge in [-0.25, -0.2) is 0 Å². The minimum Gasteiger partial charge on any atom is -0.462 e. The number of ether oxygens (including phenoxy) is 3. The van der Waals surface area contributed by atoms with Gasteiger partial charge in [-0.3, -0.25) is 14.4 Å². The molecule has 0 spiro atoms. The van der Waals surface area contributed by atoms with Crippen LogP contribution in [0.3, 0.4) is 0 Å². The lowest BCUT2D eigenvalue weighted by molar-refractivity contribution is -0.167. The summed E-state index contributed by atoms with van der Waals surface area (Å²) in [5, 5.41) is 0. The van der Waals surface area contributed by atoms with E-state index in [9.17, 15) is 14.4 Å². The Labute approximate surface area is 411 Å². The molecule has 0 aromatic rings. The van der Waals surface area contributed by atoms with E-state index in [2.05, 4.69) is 45.1 Å². The maximum absolute atomic E-state index is 12.8. The molecule has 0 fully saturated rings. The molecule has 0 aromatic carbocycles. The molecule has 1 atom stereocenters. The SMILES string of the molecule is CCCCCC/C=C\CCCCCCCC(=O)OCC(COC(=O)CCCCCCCCCCCCCCCCCCCCCCCC)OC(=O)CCCCCCC/C=C\CCCCCC. The van der Waals surface area contributed by atoms with Gasteiger partial charge in [0, 0.05) is 19.3 Å². The largest absolute Gasteiger partial charge is 0.462 e. The first-order chi connectivity index (χ1) is 32.5. The van der Waals surface area contributed by atoms with Crippen molar-refractivity contribution in [2.45, 2.75) is 329 Å². The van der Waals surface area contributed by atoms with Gasteiger partial charge in [-0.1, -0.05) is 257 Å². The van der Waals surface area contributed by atoms with Gasteiger partial charge in [-0.05, 0) is 70.6 Å².